The lowest BCUT2D eigenvalue weighted by Crippen LogP contribution is -2.48. The maximum atomic E-state index is 12.7. The van der Waals surface area contributed by atoms with Crippen molar-refractivity contribution in [1.82, 2.24) is 10.2 Å². The van der Waals surface area contributed by atoms with Crippen LogP contribution in [0.25, 0.3) is 0 Å². The standard InChI is InChI=1S/C19H21F3N2O5/c1-10(2)8-14(18(28)29-11(3)15(25)23-9-19(20,21)22)24-16(26)12-6-4-5-7-13(12)17(24)27/h4-7,10-11,14H,8-9H2,1-3H3,(H,23,25)/t11-,14+/m0/s1. The van der Waals surface area contributed by atoms with Crippen LogP contribution in [0.15, 0.2) is 24.3 Å². The lowest BCUT2D eigenvalue weighted by molar-refractivity contribution is -0.161. The van der Waals surface area contributed by atoms with Gasteiger partial charge in [0.05, 0.1) is 11.1 Å². The van der Waals surface area contributed by atoms with Crippen molar-refractivity contribution < 1.29 is 37.1 Å². The third-order valence-corrected chi connectivity index (χ3v) is 4.23. The molecule has 1 aromatic rings. The van der Waals surface area contributed by atoms with Gasteiger partial charge in [-0.05, 0) is 31.4 Å². The summed E-state index contributed by atoms with van der Waals surface area (Å²) in [7, 11) is 0. The van der Waals surface area contributed by atoms with E-state index in [1.54, 1.807) is 31.3 Å². The number of alkyl halides is 3. The van der Waals surface area contributed by atoms with Gasteiger partial charge in [0, 0.05) is 0 Å². The quantitative estimate of drug-likeness (QED) is 0.546. The number of hydrogen-bond acceptors (Lipinski definition) is 5. The molecule has 1 aliphatic rings. The van der Waals surface area contributed by atoms with Gasteiger partial charge in [0.2, 0.25) is 0 Å². The van der Waals surface area contributed by atoms with Gasteiger partial charge in [0.25, 0.3) is 17.7 Å². The molecule has 1 heterocycles. The van der Waals surface area contributed by atoms with Crippen molar-refractivity contribution in [3.8, 4) is 0 Å². The first-order valence-electron chi connectivity index (χ1n) is 8.94. The molecule has 29 heavy (non-hydrogen) atoms. The summed E-state index contributed by atoms with van der Waals surface area (Å²) in [5, 5.41) is 1.62. The van der Waals surface area contributed by atoms with Gasteiger partial charge in [0.1, 0.15) is 12.6 Å². The van der Waals surface area contributed by atoms with Crippen LogP contribution in [0, 0.1) is 5.92 Å². The second kappa shape index (κ2) is 8.62. The van der Waals surface area contributed by atoms with E-state index in [0.717, 1.165) is 11.8 Å². The number of hydrogen-bond donors (Lipinski definition) is 1. The minimum absolute atomic E-state index is 0.0706. The fourth-order valence-electron chi connectivity index (χ4n) is 2.88. The molecule has 0 aromatic heterocycles. The van der Waals surface area contributed by atoms with E-state index in [2.05, 4.69) is 0 Å². The molecule has 2 rings (SSSR count). The summed E-state index contributed by atoms with van der Waals surface area (Å²) in [6.07, 6.45) is -6.07. The van der Waals surface area contributed by atoms with Crippen LogP contribution in [0.2, 0.25) is 0 Å². The van der Waals surface area contributed by atoms with Gasteiger partial charge in [-0.15, -0.1) is 0 Å². The molecule has 10 heteroatoms. The number of nitrogens with zero attached hydrogens (tertiary/aromatic N) is 1. The molecule has 0 bridgehead atoms. The predicted molar refractivity (Wildman–Crippen MR) is 94.8 cm³/mol. The molecule has 0 aliphatic carbocycles. The van der Waals surface area contributed by atoms with Crippen molar-refractivity contribution in [2.24, 2.45) is 5.92 Å². The summed E-state index contributed by atoms with van der Waals surface area (Å²) in [6, 6.07) is 4.77. The summed E-state index contributed by atoms with van der Waals surface area (Å²) < 4.78 is 41.7. The molecule has 0 spiro atoms. The van der Waals surface area contributed by atoms with E-state index in [4.69, 9.17) is 4.74 Å². The first-order chi connectivity index (χ1) is 13.4. The number of carbonyl (C=O) groups excluding carboxylic acids is 4. The normalized spacial score (nSPS) is 15.9. The number of halogens is 3. The minimum atomic E-state index is -4.61. The van der Waals surface area contributed by atoms with Crippen molar-refractivity contribution in [2.75, 3.05) is 6.54 Å². The highest BCUT2D eigenvalue weighted by molar-refractivity contribution is 6.22. The Labute approximate surface area is 165 Å². The van der Waals surface area contributed by atoms with Crippen molar-refractivity contribution in [3.05, 3.63) is 35.4 Å². The molecule has 2 atom stereocenters. The molecular weight excluding hydrogens is 393 g/mol. The predicted octanol–water partition coefficient (Wildman–Crippen LogP) is 2.31. The van der Waals surface area contributed by atoms with E-state index < -0.39 is 48.6 Å². The minimum Gasteiger partial charge on any atom is -0.451 e. The monoisotopic (exact) mass is 414 g/mol. The molecule has 1 N–H and O–H groups in total. The smallest absolute Gasteiger partial charge is 0.405 e. The van der Waals surface area contributed by atoms with E-state index in [-0.39, 0.29) is 23.5 Å². The zero-order valence-corrected chi connectivity index (χ0v) is 16.1. The number of esters is 1. The van der Waals surface area contributed by atoms with Crippen molar-refractivity contribution in [2.45, 2.75) is 45.5 Å². The maximum absolute atomic E-state index is 12.7. The summed E-state index contributed by atoms with van der Waals surface area (Å²) in [5.74, 6) is -3.62. The number of rotatable bonds is 7. The Balaban J connectivity index is 2.16. The Morgan fingerprint density at radius 1 is 1.07 bits per heavy atom. The third kappa shape index (κ3) is 5.33. The van der Waals surface area contributed by atoms with E-state index >= 15 is 0 Å². The van der Waals surface area contributed by atoms with E-state index in [1.165, 1.54) is 12.1 Å². The molecule has 0 saturated carbocycles. The van der Waals surface area contributed by atoms with Gasteiger partial charge in [-0.3, -0.25) is 19.3 Å². The molecule has 158 valence electrons. The molecule has 0 unspecified atom stereocenters. The van der Waals surface area contributed by atoms with Gasteiger partial charge in [0.15, 0.2) is 6.10 Å². The van der Waals surface area contributed by atoms with Crippen LogP contribution < -0.4 is 5.32 Å². The fraction of sp³-hybridized carbons (Fsp3) is 0.474. The Morgan fingerprint density at radius 3 is 2.03 bits per heavy atom. The number of imide groups is 1. The molecule has 0 fully saturated rings. The molecule has 0 radical (unpaired) electrons. The van der Waals surface area contributed by atoms with Crippen molar-refractivity contribution in [1.29, 1.82) is 0 Å². The van der Waals surface area contributed by atoms with Crippen LogP contribution in [-0.4, -0.2) is 53.5 Å². The largest absolute Gasteiger partial charge is 0.451 e. The second-order valence-electron chi connectivity index (χ2n) is 7.08. The first-order valence-corrected chi connectivity index (χ1v) is 8.94. The average molecular weight is 414 g/mol. The van der Waals surface area contributed by atoms with Crippen LogP contribution in [0.5, 0.6) is 0 Å². The van der Waals surface area contributed by atoms with Crippen LogP contribution in [-0.2, 0) is 14.3 Å². The van der Waals surface area contributed by atoms with Gasteiger partial charge >= 0.3 is 12.1 Å². The van der Waals surface area contributed by atoms with Crippen LogP contribution in [0.1, 0.15) is 47.9 Å². The Kier molecular flexibility index (Phi) is 6.66. The van der Waals surface area contributed by atoms with Crippen LogP contribution in [0.3, 0.4) is 0 Å². The molecule has 1 aromatic carbocycles. The lowest BCUT2D eigenvalue weighted by Gasteiger charge is -2.27. The summed E-state index contributed by atoms with van der Waals surface area (Å²) in [6.45, 7) is 3.07. The Bertz CT molecular complexity index is 787. The van der Waals surface area contributed by atoms with Crippen molar-refractivity contribution in [3.63, 3.8) is 0 Å². The number of nitrogens with one attached hydrogen (secondary N) is 1. The summed E-state index contributed by atoms with van der Waals surface area (Å²) >= 11 is 0. The second-order valence-corrected chi connectivity index (χ2v) is 7.08. The third-order valence-electron chi connectivity index (χ3n) is 4.23. The molecule has 0 saturated heterocycles. The number of benzene rings is 1. The highest BCUT2D eigenvalue weighted by Gasteiger charge is 2.44. The highest BCUT2D eigenvalue weighted by atomic mass is 19.4. The molecule has 3 amide bonds. The van der Waals surface area contributed by atoms with E-state index in [9.17, 15) is 32.3 Å². The zero-order chi connectivity index (χ0) is 21.9. The van der Waals surface area contributed by atoms with Crippen LogP contribution in [0.4, 0.5) is 13.2 Å². The Morgan fingerprint density at radius 2 is 1.59 bits per heavy atom. The van der Waals surface area contributed by atoms with E-state index in [0.29, 0.717) is 0 Å². The SMILES string of the molecule is CC(C)C[C@H](C(=O)O[C@@H](C)C(=O)NCC(F)(F)F)N1C(=O)c2ccccc2C1=O. The molecular formula is C19H21F3N2O5. The maximum Gasteiger partial charge on any atom is 0.405 e. The van der Waals surface area contributed by atoms with Gasteiger partial charge in [-0.25, -0.2) is 4.79 Å². The Hall–Kier alpha value is -2.91. The van der Waals surface area contributed by atoms with Crippen molar-refractivity contribution >= 4 is 23.7 Å². The van der Waals surface area contributed by atoms with Gasteiger partial charge < -0.3 is 10.1 Å². The van der Waals surface area contributed by atoms with Crippen LogP contribution >= 0.6 is 0 Å². The summed E-state index contributed by atoms with van der Waals surface area (Å²) in [4.78, 5) is 50.5. The summed E-state index contributed by atoms with van der Waals surface area (Å²) in [5.41, 5.74) is 0.296. The number of fused-ring (bicyclic) bond motifs is 1. The first kappa shape index (κ1) is 22.4. The highest BCUT2D eigenvalue weighted by Crippen LogP contribution is 2.27. The number of ether oxygens (including phenoxy) is 1. The number of amides is 3. The lowest BCUT2D eigenvalue weighted by atomic mass is 10.0. The van der Waals surface area contributed by atoms with E-state index in [1.807, 2.05) is 0 Å². The molecule has 7 nitrogen and oxygen atoms in total. The fourth-order valence-corrected chi connectivity index (χ4v) is 2.88. The van der Waals surface area contributed by atoms with Gasteiger partial charge in [-0.2, -0.15) is 13.2 Å². The average Bonchev–Trinajstić information content (AvgIpc) is 2.88. The number of carbonyl (C=O) groups is 4. The zero-order valence-electron chi connectivity index (χ0n) is 16.1. The molecule has 1 aliphatic heterocycles. The van der Waals surface area contributed by atoms with Gasteiger partial charge in [-0.1, -0.05) is 26.0 Å². The topological polar surface area (TPSA) is 92.8 Å².